The van der Waals surface area contributed by atoms with E-state index in [2.05, 4.69) is 24.5 Å². The lowest BCUT2D eigenvalue weighted by Gasteiger charge is -2.05. The lowest BCUT2D eigenvalue weighted by atomic mass is 10.0. The third-order valence-corrected chi connectivity index (χ3v) is 4.40. The molecule has 180 valence electrons. The molecule has 0 fully saturated rings. The van der Waals surface area contributed by atoms with Crippen LogP contribution < -0.4 is 5.90 Å². The molecule has 6 N–H and O–H groups in total. The van der Waals surface area contributed by atoms with Gasteiger partial charge in [-0.05, 0) is 61.1 Å². The van der Waals surface area contributed by atoms with Gasteiger partial charge in [-0.15, -0.1) is 12.4 Å². The van der Waals surface area contributed by atoms with Gasteiger partial charge in [0.15, 0.2) is 0 Å². The Labute approximate surface area is 195 Å². The average Bonchev–Trinajstić information content (AvgIpc) is 2.79. The van der Waals surface area contributed by atoms with Gasteiger partial charge in [0.05, 0.1) is 7.11 Å². The highest BCUT2D eigenvalue weighted by Gasteiger charge is 2.11. The zero-order chi connectivity index (χ0) is 23.8. The summed E-state index contributed by atoms with van der Waals surface area (Å²) in [6.07, 6.45) is 6.06. The van der Waals surface area contributed by atoms with E-state index >= 15 is 0 Å². The minimum Gasteiger partial charge on any atom is -0.507 e. The van der Waals surface area contributed by atoms with Gasteiger partial charge < -0.3 is 25.3 Å². The molecule has 0 heterocycles. The highest BCUT2D eigenvalue weighted by molar-refractivity contribution is 5.92. The van der Waals surface area contributed by atoms with Gasteiger partial charge in [0.25, 0.3) is 0 Å². The van der Waals surface area contributed by atoms with Crippen molar-refractivity contribution in [1.29, 1.82) is 0 Å². The van der Waals surface area contributed by atoms with Crippen molar-refractivity contribution in [2.75, 3.05) is 7.11 Å². The number of phenolic OH excluding ortho intramolecular Hbond substituents is 1. The number of benzene rings is 2. The number of phenols is 2. The van der Waals surface area contributed by atoms with E-state index in [1.54, 1.807) is 12.1 Å². The molecular formula is C23H34ClNO7. The van der Waals surface area contributed by atoms with Gasteiger partial charge in [0.1, 0.15) is 22.6 Å². The molecule has 0 saturated heterocycles. The maximum Gasteiger partial charge on any atom is 0.341 e. The molecule has 0 amide bonds. The molecular weight excluding hydrogens is 438 g/mol. The summed E-state index contributed by atoms with van der Waals surface area (Å²) in [4.78, 5) is 22.0. The Morgan fingerprint density at radius 2 is 1.25 bits per heavy atom. The maximum absolute atomic E-state index is 11.3. The molecule has 0 aliphatic rings. The summed E-state index contributed by atoms with van der Waals surface area (Å²) in [6, 6.07) is 9.80. The average molecular weight is 472 g/mol. The van der Waals surface area contributed by atoms with Crippen LogP contribution >= 0.6 is 12.4 Å². The fourth-order valence-corrected chi connectivity index (χ4v) is 2.68. The number of aromatic carboxylic acids is 1. The Kier molecular flexibility index (Phi) is 17.5. The Hall–Kier alpha value is -2.81. The molecule has 0 atom stereocenters. The number of nitrogens with two attached hydrogens (primary N) is 1. The van der Waals surface area contributed by atoms with Gasteiger partial charge in [-0.1, -0.05) is 38.8 Å². The summed E-state index contributed by atoms with van der Waals surface area (Å²) in [7, 11) is 1.31. The lowest BCUT2D eigenvalue weighted by Crippen LogP contribution is -2.02. The molecule has 32 heavy (non-hydrogen) atoms. The van der Waals surface area contributed by atoms with Crippen molar-refractivity contribution in [1.82, 2.24) is 0 Å². The largest absolute Gasteiger partial charge is 0.507 e. The van der Waals surface area contributed by atoms with E-state index in [0.29, 0.717) is 0 Å². The molecule has 0 aliphatic carbocycles. The van der Waals surface area contributed by atoms with Gasteiger partial charge in [-0.2, -0.15) is 0 Å². The van der Waals surface area contributed by atoms with Gasteiger partial charge >= 0.3 is 11.9 Å². The van der Waals surface area contributed by atoms with E-state index in [0.717, 1.165) is 49.7 Å². The minimum atomic E-state index is -1.08. The summed E-state index contributed by atoms with van der Waals surface area (Å²) in [5.74, 6) is 1.73. The van der Waals surface area contributed by atoms with Gasteiger partial charge in [-0.25, -0.2) is 15.5 Å². The van der Waals surface area contributed by atoms with E-state index in [4.69, 9.17) is 10.3 Å². The number of rotatable bonds is 8. The Morgan fingerprint density at radius 1 is 0.844 bits per heavy atom. The predicted molar refractivity (Wildman–Crippen MR) is 125 cm³/mol. The van der Waals surface area contributed by atoms with Crippen LogP contribution in [-0.2, 0) is 17.6 Å². The quantitative estimate of drug-likeness (QED) is 0.274. The number of esters is 1. The van der Waals surface area contributed by atoms with Crippen LogP contribution in [-0.4, -0.2) is 39.6 Å². The number of unbranched alkanes of at least 4 members (excludes halogenated alkanes) is 2. The van der Waals surface area contributed by atoms with Gasteiger partial charge in [-0.3, -0.25) is 0 Å². The molecule has 9 heteroatoms. The van der Waals surface area contributed by atoms with E-state index < -0.39 is 11.9 Å². The summed E-state index contributed by atoms with van der Waals surface area (Å²) >= 11 is 0. The summed E-state index contributed by atoms with van der Waals surface area (Å²) < 4.78 is 4.58. The van der Waals surface area contributed by atoms with Crippen LogP contribution in [0.1, 0.15) is 71.4 Å². The fraction of sp³-hybridized carbons (Fsp3) is 0.391. The second-order valence-corrected chi connectivity index (χ2v) is 6.71. The SMILES string of the molecule is CCCCc1ccc(O)c(C(=O)O)c1.CCCCc1ccc(O)c(C(=O)OC)c1.Cl.NO. The molecule has 0 unspecified atom stereocenters. The van der Waals surface area contributed by atoms with E-state index in [1.165, 1.54) is 25.3 Å². The highest BCUT2D eigenvalue weighted by Crippen LogP contribution is 2.21. The van der Waals surface area contributed by atoms with E-state index in [-0.39, 0.29) is 35.0 Å². The number of hydrogen-bond acceptors (Lipinski definition) is 7. The van der Waals surface area contributed by atoms with Crippen LogP contribution in [0.4, 0.5) is 0 Å². The molecule has 0 spiro atoms. The third kappa shape index (κ3) is 11.0. The first-order chi connectivity index (χ1) is 14.8. The molecule has 0 aliphatic heterocycles. The van der Waals surface area contributed by atoms with Crippen molar-refractivity contribution >= 4 is 24.3 Å². The number of carboxylic acid groups (broad SMARTS) is 1. The summed E-state index contributed by atoms with van der Waals surface area (Å²) in [6.45, 7) is 4.19. The van der Waals surface area contributed by atoms with Gasteiger partial charge in [0.2, 0.25) is 0 Å². The molecule has 2 aromatic rings. The Bertz CT molecular complexity index is 828. The lowest BCUT2D eigenvalue weighted by molar-refractivity contribution is 0.0596. The smallest absolute Gasteiger partial charge is 0.341 e. The van der Waals surface area contributed by atoms with Crippen LogP contribution in [0.2, 0.25) is 0 Å². The number of hydrogen-bond donors (Lipinski definition) is 5. The van der Waals surface area contributed by atoms with Crippen molar-refractivity contribution in [3.63, 3.8) is 0 Å². The Balaban J connectivity index is 0. The number of carbonyl (C=O) groups is 2. The van der Waals surface area contributed by atoms with Crippen LogP contribution in [0.5, 0.6) is 11.5 Å². The molecule has 2 aromatic carbocycles. The third-order valence-electron chi connectivity index (χ3n) is 4.40. The zero-order valence-corrected chi connectivity index (χ0v) is 19.5. The first-order valence-electron chi connectivity index (χ1n) is 10.0. The van der Waals surface area contributed by atoms with E-state index in [9.17, 15) is 19.8 Å². The monoisotopic (exact) mass is 471 g/mol. The summed E-state index contributed by atoms with van der Waals surface area (Å²) in [5.41, 5.74) is 2.24. The van der Waals surface area contributed by atoms with Crippen molar-refractivity contribution in [3.05, 3.63) is 58.7 Å². The van der Waals surface area contributed by atoms with Crippen molar-refractivity contribution < 1.29 is 34.9 Å². The van der Waals surface area contributed by atoms with E-state index in [1.807, 2.05) is 6.07 Å². The fourth-order valence-electron chi connectivity index (χ4n) is 2.68. The highest BCUT2D eigenvalue weighted by atomic mass is 35.5. The second-order valence-electron chi connectivity index (χ2n) is 6.71. The predicted octanol–water partition coefficient (Wildman–Crippen LogP) is 4.71. The molecule has 0 aromatic heterocycles. The zero-order valence-electron chi connectivity index (χ0n) is 18.7. The number of carbonyl (C=O) groups excluding carboxylic acids is 1. The number of methoxy groups -OCH3 is 1. The molecule has 0 radical (unpaired) electrons. The van der Waals surface area contributed by atoms with Crippen LogP contribution in [0, 0.1) is 0 Å². The summed E-state index contributed by atoms with van der Waals surface area (Å²) in [5, 5.41) is 34.0. The standard InChI is InChI=1S/C12H16O3.C11H14O3.ClH.H3NO/c1-3-4-5-9-6-7-11(13)10(8-9)12(14)15-2;1-2-3-4-8-5-6-10(12)9(7-8)11(13)14;;1-2/h6-8,13H,3-5H2,1-2H3;5-7,12H,2-4H2,1H3,(H,13,14);1H;2H,1H2. The molecule has 0 bridgehead atoms. The number of halogens is 1. The van der Waals surface area contributed by atoms with Gasteiger partial charge in [0, 0.05) is 0 Å². The number of carboxylic acids is 1. The molecule has 2 rings (SSSR count). The topological polar surface area (TPSA) is 150 Å². The maximum atomic E-state index is 11.3. The molecule has 0 saturated carbocycles. The van der Waals surface area contributed by atoms with Crippen molar-refractivity contribution in [3.8, 4) is 11.5 Å². The van der Waals surface area contributed by atoms with Crippen LogP contribution in [0.15, 0.2) is 36.4 Å². The Morgan fingerprint density at radius 3 is 1.62 bits per heavy atom. The van der Waals surface area contributed by atoms with Crippen molar-refractivity contribution in [2.45, 2.75) is 52.4 Å². The van der Waals surface area contributed by atoms with Crippen molar-refractivity contribution in [2.24, 2.45) is 5.90 Å². The first-order valence-corrected chi connectivity index (χ1v) is 10.0. The molecule has 8 nitrogen and oxygen atoms in total. The number of ether oxygens (including phenoxy) is 1. The minimum absolute atomic E-state index is 0. The van der Waals surface area contributed by atoms with Crippen LogP contribution in [0.3, 0.4) is 0 Å². The number of aromatic hydroxyl groups is 2. The van der Waals surface area contributed by atoms with Crippen LogP contribution in [0.25, 0.3) is 0 Å². The second kappa shape index (κ2) is 17.8. The normalized spacial score (nSPS) is 9.28. The first kappa shape index (κ1) is 31.4. The number of aryl methyl sites for hydroxylation is 2.